The lowest BCUT2D eigenvalue weighted by Crippen LogP contribution is -2.25. The number of hydrogen-bond donors (Lipinski definition) is 1. The molecule has 13 heteroatoms. The topological polar surface area (TPSA) is 118 Å². The van der Waals surface area contributed by atoms with Gasteiger partial charge in [0.1, 0.15) is 35.1 Å². The molecule has 0 spiro atoms. The Balaban J connectivity index is 0.000000260. The van der Waals surface area contributed by atoms with E-state index in [1.54, 1.807) is 0 Å². The second-order valence-electron chi connectivity index (χ2n) is 7.23. The van der Waals surface area contributed by atoms with Crippen molar-refractivity contribution in [1.29, 1.82) is 5.26 Å². The molecule has 2 heterocycles. The summed E-state index contributed by atoms with van der Waals surface area (Å²) in [5.41, 5.74) is 4.59. The molecule has 2 N–H and O–H groups in total. The average Bonchev–Trinajstić information content (AvgIpc) is 2.86. The van der Waals surface area contributed by atoms with Crippen LogP contribution in [0.4, 0.5) is 17.6 Å². The predicted octanol–water partition coefficient (Wildman–Crippen LogP) is 5.73. The van der Waals surface area contributed by atoms with Gasteiger partial charge in [-0.2, -0.15) is 15.5 Å². The zero-order valence-corrected chi connectivity index (χ0v) is 19.9. The van der Waals surface area contributed by atoms with Crippen molar-refractivity contribution < 1.29 is 22.4 Å². The highest BCUT2D eigenvalue weighted by Gasteiger charge is 2.28. The van der Waals surface area contributed by atoms with Gasteiger partial charge in [0.2, 0.25) is 5.91 Å². The highest BCUT2D eigenvalue weighted by molar-refractivity contribution is 6.29. The molecule has 2 atom stereocenters. The van der Waals surface area contributed by atoms with E-state index in [1.165, 1.54) is 36.4 Å². The standard InChI is InChI=1S/C12H8ClF2N3O.C12H6ClF2N3.CH4/c13-9-5-4-8(17-18-9)11(12(16)19)10-6(14)2-1-3-7(10)15;13-11-5-4-10(17-18-11)7(6-16)12-8(14)2-1-3-9(12)15;/h1-5,11H,(H2,16,19);1-5,7H;1H4. The lowest BCUT2D eigenvalue weighted by molar-refractivity contribution is -0.118. The first-order valence-electron chi connectivity index (χ1n) is 10.2. The highest BCUT2D eigenvalue weighted by atomic mass is 35.5. The third kappa shape index (κ3) is 7.00. The molecule has 2 aromatic carbocycles. The fourth-order valence-corrected chi connectivity index (χ4v) is 3.45. The van der Waals surface area contributed by atoms with Gasteiger partial charge in [0.05, 0.1) is 17.5 Å². The van der Waals surface area contributed by atoms with E-state index in [0.717, 1.165) is 24.3 Å². The summed E-state index contributed by atoms with van der Waals surface area (Å²) >= 11 is 11.1. The molecular weight excluding hydrogens is 547 g/mol. The van der Waals surface area contributed by atoms with E-state index in [1.807, 2.05) is 6.07 Å². The summed E-state index contributed by atoms with van der Waals surface area (Å²) in [5, 5.41) is 23.7. The van der Waals surface area contributed by atoms with Crippen molar-refractivity contribution in [2.75, 3.05) is 0 Å². The Labute approximate surface area is 224 Å². The van der Waals surface area contributed by atoms with Crippen LogP contribution in [0.25, 0.3) is 0 Å². The fraction of sp³-hybridized carbons (Fsp3) is 0.120. The zero-order valence-electron chi connectivity index (χ0n) is 18.4. The summed E-state index contributed by atoms with van der Waals surface area (Å²) in [5.74, 6) is -6.78. The van der Waals surface area contributed by atoms with Crippen molar-refractivity contribution in [2.45, 2.75) is 19.3 Å². The molecule has 7 nitrogen and oxygen atoms in total. The van der Waals surface area contributed by atoms with Crippen LogP contribution in [-0.2, 0) is 4.79 Å². The second kappa shape index (κ2) is 13.4. The van der Waals surface area contributed by atoms with Gasteiger partial charge in [-0.25, -0.2) is 17.6 Å². The van der Waals surface area contributed by atoms with Crippen molar-refractivity contribution in [2.24, 2.45) is 5.73 Å². The molecule has 4 rings (SSSR count). The Morgan fingerprint density at radius 1 is 0.737 bits per heavy atom. The Hall–Kier alpha value is -4.14. The molecule has 0 bridgehead atoms. The molecule has 0 saturated carbocycles. The minimum Gasteiger partial charge on any atom is -0.369 e. The van der Waals surface area contributed by atoms with Crippen LogP contribution in [0.5, 0.6) is 0 Å². The van der Waals surface area contributed by atoms with E-state index in [9.17, 15) is 22.4 Å². The zero-order chi connectivity index (χ0) is 27.1. The van der Waals surface area contributed by atoms with E-state index in [4.69, 9.17) is 34.2 Å². The van der Waals surface area contributed by atoms with Gasteiger partial charge < -0.3 is 5.73 Å². The first-order valence-corrected chi connectivity index (χ1v) is 10.9. The number of nitrogens with zero attached hydrogens (tertiary/aromatic N) is 5. The van der Waals surface area contributed by atoms with E-state index >= 15 is 0 Å². The molecule has 0 aliphatic heterocycles. The third-order valence-electron chi connectivity index (χ3n) is 4.89. The van der Waals surface area contributed by atoms with Crippen molar-refractivity contribution >= 4 is 29.1 Å². The number of primary amides is 1. The lowest BCUT2D eigenvalue weighted by atomic mass is 9.94. The van der Waals surface area contributed by atoms with E-state index in [2.05, 4.69) is 20.4 Å². The molecule has 1 amide bonds. The monoisotopic (exact) mass is 564 g/mol. The molecule has 2 aromatic heterocycles. The maximum atomic E-state index is 13.7. The maximum absolute atomic E-state index is 13.7. The number of halogens is 6. The Kier molecular flexibility index (Phi) is 10.6. The first-order chi connectivity index (χ1) is 17.6. The van der Waals surface area contributed by atoms with Crippen molar-refractivity contribution in [1.82, 2.24) is 20.4 Å². The van der Waals surface area contributed by atoms with Crippen molar-refractivity contribution in [3.05, 3.63) is 117 Å². The summed E-state index contributed by atoms with van der Waals surface area (Å²) < 4.78 is 54.6. The third-order valence-corrected chi connectivity index (χ3v) is 5.29. The Morgan fingerprint density at radius 3 is 1.53 bits per heavy atom. The van der Waals surface area contributed by atoms with Crippen LogP contribution < -0.4 is 5.73 Å². The van der Waals surface area contributed by atoms with Gasteiger partial charge in [0, 0.05) is 11.1 Å². The van der Waals surface area contributed by atoms with Crippen LogP contribution in [0.1, 0.15) is 41.8 Å². The van der Waals surface area contributed by atoms with Gasteiger partial charge in [-0.15, -0.1) is 10.2 Å². The molecular formula is C25H18Cl2F4N6O. The number of carbonyl (C=O) groups is 1. The molecule has 0 aliphatic rings. The number of amides is 1. The molecule has 196 valence electrons. The van der Waals surface area contributed by atoms with Gasteiger partial charge in [0.15, 0.2) is 10.3 Å². The van der Waals surface area contributed by atoms with Crippen LogP contribution in [0.3, 0.4) is 0 Å². The molecule has 2 unspecified atom stereocenters. The van der Waals surface area contributed by atoms with Gasteiger partial charge in [-0.05, 0) is 48.5 Å². The van der Waals surface area contributed by atoms with Gasteiger partial charge in [-0.1, -0.05) is 42.8 Å². The summed E-state index contributed by atoms with van der Waals surface area (Å²) in [4.78, 5) is 11.5. The highest BCUT2D eigenvalue weighted by Crippen LogP contribution is 2.28. The van der Waals surface area contributed by atoms with Gasteiger partial charge in [-0.3, -0.25) is 4.79 Å². The lowest BCUT2D eigenvalue weighted by Gasteiger charge is -2.14. The van der Waals surface area contributed by atoms with Crippen LogP contribution in [-0.4, -0.2) is 26.3 Å². The Bertz CT molecular complexity index is 1410. The van der Waals surface area contributed by atoms with Crippen LogP contribution >= 0.6 is 23.2 Å². The summed E-state index contributed by atoms with van der Waals surface area (Å²) in [6, 6.07) is 14.0. The largest absolute Gasteiger partial charge is 0.369 e. The number of benzene rings is 2. The van der Waals surface area contributed by atoms with E-state index in [-0.39, 0.29) is 34.7 Å². The van der Waals surface area contributed by atoms with Crippen LogP contribution in [0.15, 0.2) is 60.7 Å². The van der Waals surface area contributed by atoms with Gasteiger partial charge >= 0.3 is 0 Å². The minimum atomic E-state index is -1.36. The number of carbonyl (C=O) groups excluding carboxylic acids is 1. The quantitative estimate of drug-likeness (QED) is 0.309. The number of nitriles is 1. The molecule has 0 saturated heterocycles. The summed E-state index contributed by atoms with van der Waals surface area (Å²) in [6.07, 6.45) is 0. The number of nitrogens with two attached hydrogens (primary N) is 1. The smallest absolute Gasteiger partial charge is 0.231 e. The van der Waals surface area contributed by atoms with Crippen LogP contribution in [0.2, 0.25) is 10.3 Å². The number of aromatic nitrogens is 4. The predicted molar refractivity (Wildman–Crippen MR) is 132 cm³/mol. The van der Waals surface area contributed by atoms with Crippen molar-refractivity contribution in [3.63, 3.8) is 0 Å². The first kappa shape index (κ1) is 30.1. The maximum Gasteiger partial charge on any atom is 0.231 e. The molecule has 38 heavy (non-hydrogen) atoms. The van der Waals surface area contributed by atoms with E-state index < -0.39 is 46.6 Å². The fourth-order valence-electron chi connectivity index (χ4n) is 3.25. The van der Waals surface area contributed by atoms with Gasteiger partial charge in [0.25, 0.3) is 0 Å². The van der Waals surface area contributed by atoms with E-state index in [0.29, 0.717) is 0 Å². The number of rotatable bonds is 5. The second-order valence-corrected chi connectivity index (χ2v) is 8.00. The average molecular weight is 565 g/mol. The number of hydrogen-bond acceptors (Lipinski definition) is 6. The summed E-state index contributed by atoms with van der Waals surface area (Å²) in [6.45, 7) is 0. The summed E-state index contributed by atoms with van der Waals surface area (Å²) in [7, 11) is 0. The molecule has 0 radical (unpaired) electrons. The normalized spacial score (nSPS) is 11.7. The minimum absolute atomic E-state index is 0. The molecule has 0 aliphatic carbocycles. The SMILES string of the molecule is C.N#CC(c1ccc(Cl)nn1)c1c(F)cccc1F.NC(=O)C(c1ccc(Cl)nn1)c1c(F)cccc1F. The Morgan fingerprint density at radius 2 is 1.16 bits per heavy atom. The van der Waals surface area contributed by atoms with Crippen molar-refractivity contribution in [3.8, 4) is 6.07 Å². The molecule has 0 fully saturated rings. The van der Waals surface area contributed by atoms with Crippen LogP contribution in [0, 0.1) is 34.6 Å². The molecule has 4 aromatic rings.